The molecule has 3 heteroatoms. The highest BCUT2D eigenvalue weighted by molar-refractivity contribution is 7.98. The number of hydrogen-bond donors (Lipinski definition) is 1. The standard InChI is InChI=1S/C15H22N2S/c1-2-6-14-13(5-1)11-18-12-15(14)16-7-10-17-8-3-4-9-17/h1-2,5-6,15-16H,3-4,7-12H2. The minimum atomic E-state index is 0.558. The van der Waals surface area contributed by atoms with Gasteiger partial charge in [0.15, 0.2) is 0 Å². The molecule has 1 aromatic rings. The van der Waals surface area contributed by atoms with Crippen molar-refractivity contribution in [1.82, 2.24) is 10.2 Å². The fourth-order valence-corrected chi connectivity index (χ4v) is 4.09. The van der Waals surface area contributed by atoms with Crippen LogP contribution in [-0.4, -0.2) is 36.8 Å². The Kier molecular flexibility index (Phi) is 4.24. The summed E-state index contributed by atoms with van der Waals surface area (Å²) in [5, 5.41) is 3.74. The summed E-state index contributed by atoms with van der Waals surface area (Å²) >= 11 is 2.05. The van der Waals surface area contributed by atoms with Gasteiger partial charge in [0.2, 0.25) is 0 Å². The molecule has 0 aliphatic carbocycles. The zero-order valence-electron chi connectivity index (χ0n) is 10.9. The van der Waals surface area contributed by atoms with Gasteiger partial charge in [-0.3, -0.25) is 0 Å². The molecular formula is C15H22N2S. The van der Waals surface area contributed by atoms with E-state index in [1.165, 1.54) is 55.1 Å². The predicted molar refractivity (Wildman–Crippen MR) is 79.0 cm³/mol. The molecule has 2 aliphatic rings. The molecule has 98 valence electrons. The lowest BCUT2D eigenvalue weighted by Gasteiger charge is -2.27. The van der Waals surface area contributed by atoms with Crippen LogP contribution in [0.15, 0.2) is 24.3 Å². The van der Waals surface area contributed by atoms with Gasteiger partial charge < -0.3 is 10.2 Å². The molecule has 2 heterocycles. The monoisotopic (exact) mass is 262 g/mol. The van der Waals surface area contributed by atoms with Gasteiger partial charge in [-0.15, -0.1) is 0 Å². The quantitative estimate of drug-likeness (QED) is 0.898. The number of fused-ring (bicyclic) bond motifs is 1. The number of likely N-dealkylation sites (tertiary alicyclic amines) is 1. The SMILES string of the molecule is c1ccc2c(c1)CSCC2NCCN1CCCC1. The molecule has 2 aliphatic heterocycles. The number of nitrogens with zero attached hydrogens (tertiary/aromatic N) is 1. The lowest BCUT2D eigenvalue weighted by atomic mass is 10.0. The molecule has 1 saturated heterocycles. The summed E-state index contributed by atoms with van der Waals surface area (Å²) in [4.78, 5) is 2.58. The highest BCUT2D eigenvalue weighted by Gasteiger charge is 2.19. The molecule has 1 fully saturated rings. The second-order valence-electron chi connectivity index (χ2n) is 5.27. The summed E-state index contributed by atoms with van der Waals surface area (Å²) in [6, 6.07) is 9.46. The minimum absolute atomic E-state index is 0.558. The smallest absolute Gasteiger partial charge is 0.0415 e. The number of nitrogens with one attached hydrogen (secondary N) is 1. The third kappa shape index (κ3) is 2.90. The van der Waals surface area contributed by atoms with Gasteiger partial charge in [-0.1, -0.05) is 24.3 Å². The molecule has 0 aromatic heterocycles. The highest BCUT2D eigenvalue weighted by Crippen LogP contribution is 2.31. The van der Waals surface area contributed by atoms with E-state index in [0.717, 1.165) is 6.54 Å². The van der Waals surface area contributed by atoms with Crippen LogP contribution in [0.2, 0.25) is 0 Å². The van der Waals surface area contributed by atoms with E-state index in [2.05, 4.69) is 46.2 Å². The van der Waals surface area contributed by atoms with Crippen molar-refractivity contribution in [1.29, 1.82) is 0 Å². The summed E-state index contributed by atoms with van der Waals surface area (Å²) in [6.45, 7) is 4.94. The summed E-state index contributed by atoms with van der Waals surface area (Å²) in [7, 11) is 0. The fraction of sp³-hybridized carbons (Fsp3) is 0.600. The van der Waals surface area contributed by atoms with Crippen LogP contribution < -0.4 is 5.32 Å². The van der Waals surface area contributed by atoms with Crippen LogP contribution in [0.1, 0.15) is 30.0 Å². The lowest BCUT2D eigenvalue weighted by molar-refractivity contribution is 0.330. The number of benzene rings is 1. The zero-order valence-corrected chi connectivity index (χ0v) is 11.7. The molecule has 0 bridgehead atoms. The molecule has 3 rings (SSSR count). The van der Waals surface area contributed by atoms with E-state index in [1.807, 2.05) is 0 Å². The minimum Gasteiger partial charge on any atom is -0.308 e. The van der Waals surface area contributed by atoms with E-state index < -0.39 is 0 Å². The van der Waals surface area contributed by atoms with Crippen molar-refractivity contribution in [3.8, 4) is 0 Å². The first-order valence-electron chi connectivity index (χ1n) is 7.05. The summed E-state index contributed by atoms with van der Waals surface area (Å²) < 4.78 is 0. The average molecular weight is 262 g/mol. The Bertz CT molecular complexity index is 388. The molecule has 1 N–H and O–H groups in total. The summed E-state index contributed by atoms with van der Waals surface area (Å²) in [5.74, 6) is 2.40. The molecule has 0 spiro atoms. The number of thioether (sulfide) groups is 1. The van der Waals surface area contributed by atoms with Gasteiger partial charge in [0, 0.05) is 30.6 Å². The molecule has 1 unspecified atom stereocenters. The van der Waals surface area contributed by atoms with E-state index in [-0.39, 0.29) is 0 Å². The summed E-state index contributed by atoms with van der Waals surface area (Å²) in [6.07, 6.45) is 2.78. The summed E-state index contributed by atoms with van der Waals surface area (Å²) in [5.41, 5.74) is 3.05. The predicted octanol–water partition coefficient (Wildman–Crippen LogP) is 2.66. The van der Waals surface area contributed by atoms with Crippen molar-refractivity contribution in [3.05, 3.63) is 35.4 Å². The first-order valence-corrected chi connectivity index (χ1v) is 8.20. The second kappa shape index (κ2) is 6.09. The van der Waals surface area contributed by atoms with E-state index in [0.29, 0.717) is 6.04 Å². The van der Waals surface area contributed by atoms with Gasteiger partial charge in [-0.25, -0.2) is 0 Å². The van der Waals surface area contributed by atoms with Gasteiger partial charge in [-0.2, -0.15) is 11.8 Å². The van der Waals surface area contributed by atoms with Crippen molar-refractivity contribution in [2.24, 2.45) is 0 Å². The maximum atomic E-state index is 3.74. The normalized spacial score (nSPS) is 24.1. The average Bonchev–Trinajstić information content (AvgIpc) is 2.92. The van der Waals surface area contributed by atoms with E-state index in [1.54, 1.807) is 0 Å². The lowest BCUT2D eigenvalue weighted by Crippen LogP contribution is -2.34. The highest BCUT2D eigenvalue weighted by atomic mass is 32.2. The van der Waals surface area contributed by atoms with E-state index in [9.17, 15) is 0 Å². The van der Waals surface area contributed by atoms with Crippen molar-refractivity contribution in [3.63, 3.8) is 0 Å². The topological polar surface area (TPSA) is 15.3 Å². The first kappa shape index (κ1) is 12.5. The van der Waals surface area contributed by atoms with E-state index >= 15 is 0 Å². The maximum absolute atomic E-state index is 3.74. The Morgan fingerprint density at radius 2 is 2.06 bits per heavy atom. The Labute approximate surface area is 114 Å². The molecule has 1 aromatic carbocycles. The van der Waals surface area contributed by atoms with Gasteiger partial charge in [0.1, 0.15) is 0 Å². The third-order valence-electron chi connectivity index (χ3n) is 3.99. The molecular weight excluding hydrogens is 240 g/mol. The van der Waals surface area contributed by atoms with Gasteiger partial charge in [0.05, 0.1) is 0 Å². The van der Waals surface area contributed by atoms with Crippen LogP contribution >= 0.6 is 11.8 Å². The van der Waals surface area contributed by atoms with Gasteiger partial charge in [0.25, 0.3) is 0 Å². The van der Waals surface area contributed by atoms with Gasteiger partial charge >= 0.3 is 0 Å². The Morgan fingerprint density at radius 1 is 1.22 bits per heavy atom. The first-order chi connectivity index (χ1) is 8.93. The fourth-order valence-electron chi connectivity index (χ4n) is 2.95. The third-order valence-corrected chi connectivity index (χ3v) is 5.07. The van der Waals surface area contributed by atoms with Crippen molar-refractivity contribution >= 4 is 11.8 Å². The van der Waals surface area contributed by atoms with Crippen LogP contribution in [0, 0.1) is 0 Å². The Morgan fingerprint density at radius 3 is 2.94 bits per heavy atom. The molecule has 0 radical (unpaired) electrons. The molecule has 0 saturated carbocycles. The van der Waals surface area contributed by atoms with E-state index in [4.69, 9.17) is 0 Å². The van der Waals surface area contributed by atoms with Crippen LogP contribution in [-0.2, 0) is 5.75 Å². The second-order valence-corrected chi connectivity index (χ2v) is 6.30. The molecule has 1 atom stereocenters. The Balaban J connectivity index is 1.54. The van der Waals surface area contributed by atoms with Crippen molar-refractivity contribution < 1.29 is 0 Å². The van der Waals surface area contributed by atoms with Crippen LogP contribution in [0.5, 0.6) is 0 Å². The molecule has 2 nitrogen and oxygen atoms in total. The number of rotatable bonds is 4. The van der Waals surface area contributed by atoms with Crippen molar-refractivity contribution in [2.45, 2.75) is 24.6 Å². The Hall–Kier alpha value is -0.510. The molecule has 18 heavy (non-hydrogen) atoms. The van der Waals surface area contributed by atoms with Crippen LogP contribution in [0.3, 0.4) is 0 Å². The number of hydrogen-bond acceptors (Lipinski definition) is 3. The largest absolute Gasteiger partial charge is 0.308 e. The van der Waals surface area contributed by atoms with Gasteiger partial charge in [-0.05, 0) is 37.1 Å². The van der Waals surface area contributed by atoms with Crippen LogP contribution in [0.25, 0.3) is 0 Å². The zero-order chi connectivity index (χ0) is 12.2. The van der Waals surface area contributed by atoms with Crippen molar-refractivity contribution in [2.75, 3.05) is 31.9 Å². The van der Waals surface area contributed by atoms with Crippen LogP contribution in [0.4, 0.5) is 0 Å². The maximum Gasteiger partial charge on any atom is 0.0415 e. The molecule has 0 amide bonds.